The van der Waals surface area contributed by atoms with Gasteiger partial charge < -0.3 is 18.2 Å². The topological polar surface area (TPSA) is 54.4 Å². The Morgan fingerprint density at radius 1 is 0.521 bits per heavy atom. The van der Waals surface area contributed by atoms with E-state index in [-0.39, 0.29) is 11.6 Å². The number of hydrogen-bond acceptors (Lipinski definition) is 3. The lowest BCUT2D eigenvalue weighted by molar-refractivity contribution is -0.885. The number of carbonyl (C=O) groups excluding carboxylic acids is 2. The van der Waals surface area contributed by atoms with Crippen LogP contribution < -0.4 is 0 Å². The highest BCUT2D eigenvalue weighted by Crippen LogP contribution is 2.37. The van der Waals surface area contributed by atoms with Crippen LogP contribution in [0.2, 0.25) is 0 Å². The Morgan fingerprint density at radius 2 is 0.812 bits per heavy atom. The van der Waals surface area contributed by atoms with Crippen LogP contribution in [0.25, 0.3) is 0 Å². The van der Waals surface area contributed by atoms with Gasteiger partial charge in [0, 0.05) is 18.6 Å². The maximum atomic E-state index is 13.7. The van der Waals surface area contributed by atoms with Crippen molar-refractivity contribution in [3.05, 3.63) is 24.3 Å². The van der Waals surface area contributed by atoms with Crippen molar-refractivity contribution in [3.63, 3.8) is 0 Å². The van der Waals surface area contributed by atoms with E-state index in [1.165, 1.54) is 116 Å². The van der Waals surface area contributed by atoms with Crippen molar-refractivity contribution in [1.82, 2.24) is 0 Å². The number of unbranched alkanes of at least 4 members (excludes halogenated alkanes) is 22. The van der Waals surface area contributed by atoms with E-state index in [4.69, 9.17) is 0 Å². The predicted octanol–water partition coefficient (Wildman–Crippen LogP) is 12.9. The van der Waals surface area contributed by atoms with Gasteiger partial charge in [0.15, 0.2) is 11.6 Å². The Labute approximate surface area is 302 Å². The van der Waals surface area contributed by atoms with Crippen LogP contribution in [0.4, 0.5) is 0 Å². The van der Waals surface area contributed by atoms with Crippen molar-refractivity contribution >= 4 is 20.1 Å². The lowest BCUT2D eigenvalue weighted by Gasteiger charge is -2.50. The number of hydrogen-bond donors (Lipinski definition) is 1. The molecule has 0 rings (SSSR count). The fourth-order valence-electron chi connectivity index (χ4n) is 6.65. The first-order valence-corrected chi connectivity index (χ1v) is 21.9. The predicted molar refractivity (Wildman–Crippen MR) is 213 cm³/mol. The molecular weight excluding hydrogens is 609 g/mol. The number of quaternary nitrogens is 1. The summed E-state index contributed by atoms with van der Waals surface area (Å²) in [5.74, 6) is -0.942. The van der Waals surface area contributed by atoms with E-state index in [0.29, 0.717) is 17.3 Å². The number of rotatable bonds is 36. The molecule has 0 bridgehead atoms. The first kappa shape index (κ1) is 47.2. The summed E-state index contributed by atoms with van der Waals surface area (Å²) in [7, 11) is 6.96. The van der Waals surface area contributed by atoms with Gasteiger partial charge in [0.2, 0.25) is 5.60 Å². The van der Waals surface area contributed by atoms with Gasteiger partial charge in [-0.15, -0.1) is 0 Å². The largest absolute Gasteiger partial charge is 0.470 e. The standard InChI is InChI=1S/C43H82NO3P/c1-7-10-12-14-16-18-20-22-24-26-28-30-32-34-36-38-40(45)43(47,42(48-9-3)44(4,5)6)41(46)39-37-35-33-31-29-27-25-23-21-19-17-15-13-11-8-2/h22-25,42,47H,7-21,26-39H2,1-6H3/b24-22-,25-23-. The van der Waals surface area contributed by atoms with E-state index >= 15 is 0 Å². The number of aliphatic hydroxyl groups is 1. The molecule has 0 aliphatic heterocycles. The van der Waals surface area contributed by atoms with Gasteiger partial charge in [0.1, 0.15) is 0 Å². The minimum atomic E-state index is -1.89. The van der Waals surface area contributed by atoms with Crippen molar-refractivity contribution in [1.29, 1.82) is 0 Å². The second kappa shape index (κ2) is 32.1. The molecule has 0 aliphatic rings. The molecule has 1 atom stereocenters. The summed E-state index contributed by atoms with van der Waals surface area (Å²) in [4.78, 5) is 27.3. The maximum Gasteiger partial charge on any atom is 0.204 e. The van der Waals surface area contributed by atoms with Crippen LogP contribution >= 0.6 is 8.58 Å². The molecule has 0 fully saturated rings. The first-order chi connectivity index (χ1) is 23.2. The van der Waals surface area contributed by atoms with E-state index in [0.717, 1.165) is 66.1 Å². The van der Waals surface area contributed by atoms with Gasteiger partial charge in [-0.05, 0) is 64.2 Å². The van der Waals surface area contributed by atoms with E-state index in [9.17, 15) is 14.7 Å². The molecule has 0 amide bonds. The Kier molecular flexibility index (Phi) is 31.5. The molecule has 282 valence electrons. The van der Waals surface area contributed by atoms with Gasteiger partial charge in [0.25, 0.3) is 0 Å². The highest BCUT2D eigenvalue weighted by atomic mass is 31.1. The van der Waals surface area contributed by atoms with Crippen LogP contribution in [0.1, 0.15) is 201 Å². The molecule has 0 spiro atoms. The zero-order valence-corrected chi connectivity index (χ0v) is 33.9. The summed E-state index contributed by atoms with van der Waals surface area (Å²) in [6, 6.07) is 0. The highest BCUT2D eigenvalue weighted by molar-refractivity contribution is 7.38. The smallest absolute Gasteiger partial charge is 0.204 e. The van der Waals surface area contributed by atoms with Crippen molar-refractivity contribution in [2.75, 3.05) is 27.3 Å². The number of Topliss-reactive ketones (excluding diaryl/α,β-unsaturated/α-hetero) is 2. The number of likely N-dealkylation sites (N-methyl/N-ethyl adjacent to an activating group) is 1. The Morgan fingerprint density at radius 3 is 1.10 bits per heavy atom. The van der Waals surface area contributed by atoms with Crippen LogP contribution in [0.15, 0.2) is 24.3 Å². The van der Waals surface area contributed by atoms with E-state index in [2.05, 4.69) is 45.1 Å². The first-order valence-electron chi connectivity index (χ1n) is 20.7. The van der Waals surface area contributed by atoms with Crippen molar-refractivity contribution < 1.29 is 19.2 Å². The SMILES string of the molecule is CCCCCCCC/C=C\CCCCCCCC(=O)C(O)(C(=O)CCCCCCC/C=C\CCCCCCCC)C([P-]CC)[N+](C)(C)C. The molecule has 1 unspecified atom stereocenters. The Balaban J connectivity index is 4.49. The maximum absolute atomic E-state index is 13.7. The monoisotopic (exact) mass is 692 g/mol. The zero-order chi connectivity index (χ0) is 35.8. The number of nitrogens with zero attached hydrogens (tertiary/aromatic N) is 1. The molecule has 5 heteroatoms. The Hall–Kier alpha value is -0.830. The average Bonchev–Trinajstić information content (AvgIpc) is 3.06. The summed E-state index contributed by atoms with van der Waals surface area (Å²) >= 11 is 0. The van der Waals surface area contributed by atoms with Crippen LogP contribution in [0, 0.1) is 0 Å². The molecule has 0 aromatic carbocycles. The molecule has 4 nitrogen and oxygen atoms in total. The Bertz CT molecular complexity index is 763. The van der Waals surface area contributed by atoms with Gasteiger partial charge >= 0.3 is 0 Å². The molecule has 0 saturated heterocycles. The third kappa shape index (κ3) is 24.3. The molecular formula is C43H82NO3P. The van der Waals surface area contributed by atoms with E-state index in [1.54, 1.807) is 0 Å². The molecule has 0 aliphatic carbocycles. The van der Waals surface area contributed by atoms with Crippen molar-refractivity contribution in [3.8, 4) is 0 Å². The van der Waals surface area contributed by atoms with Crippen molar-refractivity contribution in [2.24, 2.45) is 0 Å². The number of carbonyl (C=O) groups is 2. The average molecular weight is 692 g/mol. The fraction of sp³-hybridized carbons (Fsp3) is 0.860. The van der Waals surface area contributed by atoms with Gasteiger partial charge in [-0.1, -0.05) is 148 Å². The molecule has 0 saturated carbocycles. The molecule has 48 heavy (non-hydrogen) atoms. The molecule has 0 radical (unpaired) electrons. The van der Waals surface area contributed by atoms with Crippen LogP contribution in [-0.4, -0.2) is 59.8 Å². The van der Waals surface area contributed by atoms with Gasteiger partial charge in [-0.3, -0.25) is 9.59 Å². The molecule has 0 aromatic rings. The molecule has 1 N–H and O–H groups in total. The normalized spacial score (nSPS) is 13.5. The van der Waals surface area contributed by atoms with E-state index in [1.807, 2.05) is 21.1 Å². The summed E-state index contributed by atoms with van der Waals surface area (Å²) in [6.45, 7) is 6.59. The zero-order valence-electron chi connectivity index (χ0n) is 33.1. The second-order valence-corrected chi connectivity index (χ2v) is 16.8. The van der Waals surface area contributed by atoms with Crippen LogP contribution in [-0.2, 0) is 9.59 Å². The lowest BCUT2D eigenvalue weighted by atomic mass is 9.85. The summed E-state index contributed by atoms with van der Waals surface area (Å²) in [5, 5.41) is 12.0. The van der Waals surface area contributed by atoms with Gasteiger partial charge in [-0.25, -0.2) is 0 Å². The summed E-state index contributed by atoms with van der Waals surface area (Å²) < 4.78 is 0.405. The van der Waals surface area contributed by atoms with Crippen molar-refractivity contribution in [2.45, 2.75) is 212 Å². The number of allylic oxidation sites excluding steroid dienone is 4. The quantitative estimate of drug-likeness (QED) is 0.0234. The lowest BCUT2D eigenvalue weighted by Crippen LogP contribution is -2.64. The molecule has 0 aromatic heterocycles. The third-order valence-corrected chi connectivity index (χ3v) is 11.4. The molecule has 0 heterocycles. The third-order valence-electron chi connectivity index (χ3n) is 9.64. The van der Waals surface area contributed by atoms with Crippen LogP contribution in [0.5, 0.6) is 0 Å². The van der Waals surface area contributed by atoms with Crippen LogP contribution in [0.3, 0.4) is 0 Å². The van der Waals surface area contributed by atoms with Gasteiger partial charge in [0.05, 0.1) is 21.1 Å². The van der Waals surface area contributed by atoms with Gasteiger partial charge in [-0.2, -0.15) is 6.16 Å². The minimum Gasteiger partial charge on any atom is -0.470 e. The summed E-state index contributed by atoms with van der Waals surface area (Å²) in [6.07, 6.45) is 42.1. The number of ketones is 2. The van der Waals surface area contributed by atoms with E-state index < -0.39 is 11.4 Å². The summed E-state index contributed by atoms with van der Waals surface area (Å²) in [5.41, 5.74) is -1.89. The highest BCUT2D eigenvalue weighted by Gasteiger charge is 2.49. The minimum absolute atomic E-state index is 0.253. The fourth-order valence-corrected chi connectivity index (χ4v) is 8.04. The second-order valence-electron chi connectivity index (χ2n) is 15.3.